The zero-order valence-electron chi connectivity index (χ0n) is 16.7. The Bertz CT molecular complexity index is 638. The summed E-state index contributed by atoms with van der Waals surface area (Å²) in [6.45, 7) is 3.28. The Kier molecular flexibility index (Phi) is 8.58. The van der Waals surface area contributed by atoms with Crippen LogP contribution >= 0.6 is 12.4 Å². The average Bonchev–Trinajstić information content (AvgIpc) is 2.69. The fourth-order valence-corrected chi connectivity index (χ4v) is 4.02. The number of piperidine rings is 1. The van der Waals surface area contributed by atoms with E-state index in [9.17, 15) is 9.59 Å². The molecule has 1 aromatic rings. The average molecular weight is 409 g/mol. The van der Waals surface area contributed by atoms with Crippen molar-refractivity contribution in [2.45, 2.75) is 70.0 Å². The molecule has 1 saturated carbocycles. The summed E-state index contributed by atoms with van der Waals surface area (Å²) in [5.41, 5.74) is 8.16. The lowest BCUT2D eigenvalue weighted by Crippen LogP contribution is -2.52. The number of nitrogens with one attached hydrogen (secondary N) is 2. The van der Waals surface area contributed by atoms with Gasteiger partial charge in [0, 0.05) is 25.2 Å². The van der Waals surface area contributed by atoms with Gasteiger partial charge in [-0.2, -0.15) is 0 Å². The molecule has 2 aliphatic rings. The summed E-state index contributed by atoms with van der Waals surface area (Å²) in [4.78, 5) is 26.7. The van der Waals surface area contributed by atoms with E-state index in [1.54, 1.807) is 0 Å². The Morgan fingerprint density at radius 2 is 1.50 bits per heavy atom. The van der Waals surface area contributed by atoms with Gasteiger partial charge < -0.3 is 21.3 Å². The van der Waals surface area contributed by atoms with E-state index in [2.05, 4.69) is 10.6 Å². The third-order valence-electron chi connectivity index (χ3n) is 5.78. The molecule has 28 heavy (non-hydrogen) atoms. The number of rotatable bonds is 4. The van der Waals surface area contributed by atoms with Gasteiger partial charge in [0.05, 0.1) is 0 Å². The molecular formula is C21H33ClN4O2. The van der Waals surface area contributed by atoms with Crippen LogP contribution in [0.4, 0.5) is 4.79 Å². The summed E-state index contributed by atoms with van der Waals surface area (Å²) >= 11 is 0. The van der Waals surface area contributed by atoms with Crippen LogP contribution in [-0.4, -0.2) is 42.0 Å². The minimum atomic E-state index is -0.621. The smallest absolute Gasteiger partial charge is 0.315 e. The molecule has 0 spiro atoms. The van der Waals surface area contributed by atoms with Crippen LogP contribution in [0.3, 0.4) is 0 Å². The number of nitrogens with zero attached hydrogens (tertiary/aromatic N) is 1. The van der Waals surface area contributed by atoms with Gasteiger partial charge in [-0.1, -0.05) is 49.1 Å². The van der Waals surface area contributed by atoms with Crippen LogP contribution in [0.15, 0.2) is 24.3 Å². The van der Waals surface area contributed by atoms with Gasteiger partial charge in [0.15, 0.2) is 0 Å². The van der Waals surface area contributed by atoms with Crippen LogP contribution in [0.1, 0.15) is 62.1 Å². The van der Waals surface area contributed by atoms with Crippen LogP contribution in [0.25, 0.3) is 0 Å². The number of halogens is 1. The van der Waals surface area contributed by atoms with Crippen molar-refractivity contribution in [3.63, 3.8) is 0 Å². The minimum Gasteiger partial charge on any atom is -0.341 e. The monoisotopic (exact) mass is 408 g/mol. The lowest BCUT2D eigenvalue weighted by molar-refractivity contribution is -0.133. The number of nitrogens with two attached hydrogens (primary N) is 1. The summed E-state index contributed by atoms with van der Waals surface area (Å²) in [5, 5.41) is 6.17. The Morgan fingerprint density at radius 3 is 2.07 bits per heavy atom. The molecule has 2 fully saturated rings. The van der Waals surface area contributed by atoms with Gasteiger partial charge in [0.1, 0.15) is 6.04 Å². The second kappa shape index (κ2) is 10.7. The van der Waals surface area contributed by atoms with Gasteiger partial charge in [-0.3, -0.25) is 4.79 Å². The molecule has 1 saturated heterocycles. The van der Waals surface area contributed by atoms with Crippen molar-refractivity contribution in [3.8, 4) is 0 Å². The van der Waals surface area contributed by atoms with Gasteiger partial charge in [-0.05, 0) is 38.2 Å². The van der Waals surface area contributed by atoms with Crippen molar-refractivity contribution in [3.05, 3.63) is 35.4 Å². The summed E-state index contributed by atoms with van der Waals surface area (Å²) < 4.78 is 0. The molecule has 4 N–H and O–H groups in total. The molecule has 1 atom stereocenters. The van der Waals surface area contributed by atoms with E-state index in [4.69, 9.17) is 5.73 Å². The summed E-state index contributed by atoms with van der Waals surface area (Å²) in [6.07, 6.45) is 7.37. The lowest BCUT2D eigenvalue weighted by atomic mass is 9.96. The molecule has 7 heteroatoms. The number of hydrogen-bond acceptors (Lipinski definition) is 3. The highest BCUT2D eigenvalue weighted by atomic mass is 35.5. The second-order valence-electron chi connectivity index (χ2n) is 7.94. The van der Waals surface area contributed by atoms with E-state index >= 15 is 0 Å². The first kappa shape index (κ1) is 22.5. The Morgan fingerprint density at radius 1 is 0.964 bits per heavy atom. The second-order valence-corrected chi connectivity index (χ2v) is 7.94. The molecule has 0 aromatic heterocycles. The van der Waals surface area contributed by atoms with E-state index in [-0.39, 0.29) is 30.4 Å². The summed E-state index contributed by atoms with van der Waals surface area (Å²) in [5.74, 6) is -0.0380. The van der Waals surface area contributed by atoms with Gasteiger partial charge in [-0.25, -0.2) is 4.79 Å². The Balaban J connectivity index is 0.00000280. The zero-order chi connectivity index (χ0) is 19.2. The highest BCUT2D eigenvalue weighted by Crippen LogP contribution is 2.19. The maximum absolute atomic E-state index is 12.7. The molecule has 1 unspecified atom stereocenters. The van der Waals surface area contributed by atoms with Crippen LogP contribution in [-0.2, 0) is 4.79 Å². The number of carbonyl (C=O) groups excluding carboxylic acids is 2. The predicted octanol–water partition coefficient (Wildman–Crippen LogP) is 3.04. The minimum absolute atomic E-state index is 0. The molecule has 6 nitrogen and oxygen atoms in total. The standard InChI is InChI=1S/C21H32N4O2.ClH/c1-15-7-9-16(10-8-15)19(22)20(26)25-13-11-18(12-14-25)24-21(27)23-17-5-3-2-4-6-17;/h7-10,17-19H,2-6,11-14,22H2,1H3,(H2,23,24,27);1H. The number of amides is 3. The van der Waals surface area contributed by atoms with Crippen molar-refractivity contribution >= 4 is 24.3 Å². The maximum Gasteiger partial charge on any atom is 0.315 e. The largest absolute Gasteiger partial charge is 0.341 e. The molecule has 0 bridgehead atoms. The van der Waals surface area contributed by atoms with Gasteiger partial charge in [-0.15, -0.1) is 12.4 Å². The quantitative estimate of drug-likeness (QED) is 0.715. The fourth-order valence-electron chi connectivity index (χ4n) is 4.02. The first-order valence-electron chi connectivity index (χ1n) is 10.2. The van der Waals surface area contributed by atoms with Crippen molar-refractivity contribution in [2.24, 2.45) is 5.73 Å². The highest BCUT2D eigenvalue weighted by Gasteiger charge is 2.28. The molecule has 1 aliphatic heterocycles. The molecule has 1 heterocycles. The van der Waals surface area contributed by atoms with Crippen LogP contribution in [0.5, 0.6) is 0 Å². The van der Waals surface area contributed by atoms with Crippen LogP contribution < -0.4 is 16.4 Å². The van der Waals surface area contributed by atoms with Crippen molar-refractivity contribution < 1.29 is 9.59 Å². The zero-order valence-corrected chi connectivity index (χ0v) is 17.5. The predicted molar refractivity (Wildman–Crippen MR) is 113 cm³/mol. The van der Waals surface area contributed by atoms with Gasteiger partial charge in [0.2, 0.25) is 5.91 Å². The number of benzene rings is 1. The molecule has 3 rings (SSSR count). The van der Waals surface area contributed by atoms with E-state index in [0.29, 0.717) is 19.1 Å². The highest BCUT2D eigenvalue weighted by molar-refractivity contribution is 5.85. The normalized spacial score (nSPS) is 19.4. The SMILES string of the molecule is Cc1ccc(C(N)C(=O)N2CCC(NC(=O)NC3CCCCC3)CC2)cc1.Cl. The summed E-state index contributed by atoms with van der Waals surface area (Å²) in [7, 11) is 0. The topological polar surface area (TPSA) is 87.5 Å². The van der Waals surface area contributed by atoms with Crippen molar-refractivity contribution in [2.75, 3.05) is 13.1 Å². The molecule has 3 amide bonds. The van der Waals surface area contributed by atoms with E-state index < -0.39 is 6.04 Å². The van der Waals surface area contributed by atoms with E-state index in [1.807, 2.05) is 36.1 Å². The van der Waals surface area contributed by atoms with E-state index in [0.717, 1.165) is 36.8 Å². The number of urea groups is 1. The van der Waals surface area contributed by atoms with Crippen molar-refractivity contribution in [1.82, 2.24) is 15.5 Å². The maximum atomic E-state index is 12.7. The molecule has 156 valence electrons. The van der Waals surface area contributed by atoms with Crippen LogP contribution in [0.2, 0.25) is 0 Å². The Hall–Kier alpha value is -1.79. The molecule has 1 aliphatic carbocycles. The number of aryl methyl sites for hydroxylation is 1. The van der Waals surface area contributed by atoms with Crippen molar-refractivity contribution in [1.29, 1.82) is 0 Å². The number of likely N-dealkylation sites (tertiary alicyclic amines) is 1. The Labute approximate surface area is 174 Å². The number of carbonyl (C=O) groups is 2. The third-order valence-corrected chi connectivity index (χ3v) is 5.78. The van der Waals surface area contributed by atoms with Crippen LogP contribution in [0, 0.1) is 6.92 Å². The lowest BCUT2D eigenvalue weighted by Gasteiger charge is -2.34. The molecule has 1 aromatic carbocycles. The first-order valence-corrected chi connectivity index (χ1v) is 10.2. The van der Waals surface area contributed by atoms with E-state index in [1.165, 1.54) is 19.3 Å². The van der Waals surface area contributed by atoms with Gasteiger partial charge in [0.25, 0.3) is 0 Å². The molecular weight excluding hydrogens is 376 g/mol. The first-order chi connectivity index (χ1) is 13.0. The number of hydrogen-bond donors (Lipinski definition) is 3. The molecule has 0 radical (unpaired) electrons. The van der Waals surface area contributed by atoms with Gasteiger partial charge >= 0.3 is 6.03 Å². The third kappa shape index (κ3) is 6.11. The summed E-state index contributed by atoms with van der Waals surface area (Å²) in [6, 6.07) is 7.53. The fraction of sp³-hybridized carbons (Fsp3) is 0.619.